The van der Waals surface area contributed by atoms with E-state index in [9.17, 15) is 24.3 Å². The summed E-state index contributed by atoms with van der Waals surface area (Å²) in [5, 5.41) is 15.2. The summed E-state index contributed by atoms with van der Waals surface area (Å²) >= 11 is 6.28. The molecule has 1 saturated heterocycles. The van der Waals surface area contributed by atoms with E-state index in [0.29, 0.717) is 41.3 Å². The fourth-order valence-electron chi connectivity index (χ4n) is 5.28. The number of ether oxygens (including phenoxy) is 1. The van der Waals surface area contributed by atoms with E-state index in [1.165, 1.54) is 31.3 Å². The van der Waals surface area contributed by atoms with Gasteiger partial charge in [-0.15, -0.1) is 0 Å². The monoisotopic (exact) mass is 580 g/mol. The average molecular weight is 581 g/mol. The van der Waals surface area contributed by atoms with Crippen molar-refractivity contribution in [3.8, 4) is 0 Å². The molecule has 214 valence electrons. The van der Waals surface area contributed by atoms with Gasteiger partial charge < -0.3 is 24.6 Å². The van der Waals surface area contributed by atoms with E-state index in [1.807, 2.05) is 0 Å². The predicted octanol–water partition coefficient (Wildman–Crippen LogP) is 3.61. The largest absolute Gasteiger partial charge is 0.465 e. The zero-order valence-electron chi connectivity index (χ0n) is 22.5. The first kappa shape index (κ1) is 28.0. The summed E-state index contributed by atoms with van der Waals surface area (Å²) in [6.45, 7) is 0.510. The molecule has 0 bridgehead atoms. The molecule has 41 heavy (non-hydrogen) atoms. The third kappa shape index (κ3) is 5.68. The van der Waals surface area contributed by atoms with Crippen molar-refractivity contribution in [3.05, 3.63) is 76.8 Å². The average Bonchev–Trinajstić information content (AvgIpc) is 3.36. The van der Waals surface area contributed by atoms with Crippen LogP contribution in [0, 0.1) is 0 Å². The Hall–Kier alpha value is -4.58. The molecule has 2 aromatic carbocycles. The molecule has 0 radical (unpaired) electrons. The number of carbonyl (C=O) groups excluding carboxylic acids is 3. The molecule has 2 aliphatic heterocycles. The number of imidazole rings is 1. The number of halogens is 1. The molecular weight excluding hydrogens is 552 g/mol. The molecule has 0 saturated carbocycles. The van der Waals surface area contributed by atoms with Gasteiger partial charge in [-0.2, -0.15) is 0 Å². The van der Waals surface area contributed by atoms with E-state index in [-0.39, 0.29) is 24.4 Å². The van der Waals surface area contributed by atoms with Gasteiger partial charge in [0.05, 0.1) is 18.6 Å². The van der Waals surface area contributed by atoms with Gasteiger partial charge in [0.15, 0.2) is 5.60 Å². The Labute approximate surface area is 240 Å². The Morgan fingerprint density at radius 1 is 1.24 bits per heavy atom. The third-order valence-electron chi connectivity index (χ3n) is 7.50. The van der Waals surface area contributed by atoms with Gasteiger partial charge in [-0.3, -0.25) is 19.8 Å². The second-order valence-corrected chi connectivity index (χ2v) is 10.6. The van der Waals surface area contributed by atoms with Crippen molar-refractivity contribution in [2.45, 2.75) is 30.9 Å². The Morgan fingerprint density at radius 2 is 2.00 bits per heavy atom. The van der Waals surface area contributed by atoms with Gasteiger partial charge in [0.1, 0.15) is 6.04 Å². The molecule has 2 aliphatic rings. The number of carboxylic acid groups (broad SMARTS) is 1. The lowest BCUT2D eigenvalue weighted by atomic mass is 9.83. The van der Waals surface area contributed by atoms with E-state index in [0.717, 1.165) is 10.6 Å². The van der Waals surface area contributed by atoms with Gasteiger partial charge in [-0.25, -0.2) is 14.6 Å². The van der Waals surface area contributed by atoms with Crippen LogP contribution < -0.4 is 15.5 Å². The first-order valence-electron chi connectivity index (χ1n) is 13.0. The van der Waals surface area contributed by atoms with Gasteiger partial charge in [0, 0.05) is 60.8 Å². The molecule has 3 heterocycles. The van der Waals surface area contributed by atoms with Crippen LogP contribution in [-0.2, 0) is 28.6 Å². The zero-order chi connectivity index (χ0) is 29.3. The van der Waals surface area contributed by atoms with Crippen molar-refractivity contribution < 1.29 is 29.0 Å². The fourth-order valence-corrected chi connectivity index (χ4v) is 5.45. The van der Waals surface area contributed by atoms with Gasteiger partial charge in [-0.05, 0) is 55.3 Å². The van der Waals surface area contributed by atoms with Crippen molar-refractivity contribution in [2.24, 2.45) is 7.05 Å². The summed E-state index contributed by atoms with van der Waals surface area (Å²) in [4.78, 5) is 57.8. The van der Waals surface area contributed by atoms with Crippen molar-refractivity contribution in [3.63, 3.8) is 0 Å². The van der Waals surface area contributed by atoms with E-state index < -0.39 is 29.7 Å². The zero-order valence-corrected chi connectivity index (χ0v) is 23.2. The number of hydrogen-bond donors (Lipinski definition) is 3. The summed E-state index contributed by atoms with van der Waals surface area (Å²) in [7, 11) is 3.20. The van der Waals surface area contributed by atoms with E-state index in [2.05, 4.69) is 15.6 Å². The van der Waals surface area contributed by atoms with Crippen molar-refractivity contribution in [1.82, 2.24) is 19.8 Å². The lowest BCUT2D eigenvalue weighted by Gasteiger charge is -2.45. The topological polar surface area (TPSA) is 146 Å². The molecule has 0 aliphatic carbocycles. The Balaban J connectivity index is 1.40. The molecule has 4 amide bonds. The molecule has 13 heteroatoms. The molecular formula is C28H29ClN6O6. The summed E-state index contributed by atoms with van der Waals surface area (Å²) < 4.78 is 7.60. The number of rotatable bonds is 6. The molecule has 12 nitrogen and oxygen atoms in total. The lowest BCUT2D eigenvalue weighted by Crippen LogP contribution is -2.57. The Kier molecular flexibility index (Phi) is 7.59. The van der Waals surface area contributed by atoms with Gasteiger partial charge >= 0.3 is 12.2 Å². The number of carbonyl (C=O) groups is 4. The smallest absolute Gasteiger partial charge is 0.412 e. The summed E-state index contributed by atoms with van der Waals surface area (Å²) in [5.74, 6) is -0.828. The van der Waals surface area contributed by atoms with Crippen LogP contribution >= 0.6 is 11.6 Å². The van der Waals surface area contributed by atoms with Crippen LogP contribution in [0.1, 0.15) is 34.5 Å². The van der Waals surface area contributed by atoms with E-state index in [1.54, 1.807) is 47.2 Å². The maximum atomic E-state index is 14.0. The van der Waals surface area contributed by atoms with Crippen molar-refractivity contribution in [2.75, 3.05) is 30.4 Å². The van der Waals surface area contributed by atoms with Gasteiger partial charge in [0.2, 0.25) is 5.91 Å². The fraction of sp³-hybridized carbons (Fsp3) is 0.321. The van der Waals surface area contributed by atoms with Gasteiger partial charge in [-0.1, -0.05) is 11.6 Å². The van der Waals surface area contributed by atoms with Crippen molar-refractivity contribution in [1.29, 1.82) is 0 Å². The minimum atomic E-state index is -1.13. The van der Waals surface area contributed by atoms with Crippen LogP contribution in [0.2, 0.25) is 5.02 Å². The van der Waals surface area contributed by atoms with E-state index in [4.69, 9.17) is 16.3 Å². The second-order valence-electron chi connectivity index (χ2n) is 10.2. The number of aromatic nitrogens is 2. The summed E-state index contributed by atoms with van der Waals surface area (Å²) in [6, 6.07) is 10.2. The second kappa shape index (κ2) is 11.1. The molecule has 0 unspecified atom stereocenters. The molecule has 1 fully saturated rings. The van der Waals surface area contributed by atoms with Crippen molar-refractivity contribution >= 4 is 47.0 Å². The Morgan fingerprint density at radius 3 is 2.68 bits per heavy atom. The third-order valence-corrected chi connectivity index (χ3v) is 7.74. The number of anilines is 2. The number of benzene rings is 2. The number of likely N-dealkylation sites (tertiary alicyclic amines) is 1. The maximum absolute atomic E-state index is 14.0. The number of nitrogens with one attached hydrogen (secondary N) is 2. The number of amides is 4. The standard InChI is InChI=1S/C28H29ClN6O6/c1-33-16-30-14-20(33)13-23(31-24(36)17-4-7-19(8-5-17)34(2)27(39)40)25(37)35-11-3-10-28(15-35)21-12-18(29)6-9-22(21)32-26(38)41-28/h4-9,12,14,16,23H,3,10-11,13,15H2,1-2H3,(H,31,36)(H,32,38)(H,39,40)/t23-,28-/m0/s1. The quantitative estimate of drug-likeness (QED) is 0.404. The first-order chi connectivity index (χ1) is 19.6. The molecule has 5 rings (SSSR count). The highest BCUT2D eigenvalue weighted by molar-refractivity contribution is 6.30. The lowest BCUT2D eigenvalue weighted by molar-refractivity contribution is -0.141. The SMILES string of the molecule is CN(C(=O)O)c1ccc(C(=O)N[C@@H](Cc2cncn2C)C(=O)N2CCC[C@@]3(C2)OC(=O)Nc2ccc(Cl)cc23)cc1. The normalized spacial score (nSPS) is 18.6. The molecule has 3 aromatic rings. The van der Waals surface area contributed by atoms with Crippen LogP contribution in [-0.4, -0.2) is 69.7 Å². The summed E-state index contributed by atoms with van der Waals surface area (Å²) in [6.07, 6.45) is 2.75. The highest BCUT2D eigenvalue weighted by atomic mass is 35.5. The van der Waals surface area contributed by atoms with Crippen LogP contribution in [0.5, 0.6) is 0 Å². The van der Waals surface area contributed by atoms with Crippen LogP contribution in [0.25, 0.3) is 0 Å². The number of piperidine rings is 1. The van der Waals surface area contributed by atoms with Gasteiger partial charge in [0.25, 0.3) is 5.91 Å². The molecule has 2 atom stereocenters. The number of aryl methyl sites for hydroxylation is 1. The molecule has 1 spiro atoms. The molecule has 3 N–H and O–H groups in total. The number of fused-ring (bicyclic) bond motifs is 2. The minimum Gasteiger partial charge on any atom is -0.465 e. The number of nitrogens with zero attached hydrogens (tertiary/aromatic N) is 4. The predicted molar refractivity (Wildman–Crippen MR) is 150 cm³/mol. The maximum Gasteiger partial charge on any atom is 0.412 e. The Bertz CT molecular complexity index is 1510. The summed E-state index contributed by atoms with van der Waals surface area (Å²) in [5.41, 5.74) is 1.59. The minimum absolute atomic E-state index is 0.0978. The molecule has 1 aromatic heterocycles. The number of hydrogen-bond acceptors (Lipinski definition) is 6. The van der Waals surface area contributed by atoms with E-state index >= 15 is 0 Å². The first-order valence-corrected chi connectivity index (χ1v) is 13.4. The van der Waals surface area contributed by atoms with Crippen LogP contribution in [0.4, 0.5) is 21.0 Å². The van der Waals surface area contributed by atoms with Crippen LogP contribution in [0.3, 0.4) is 0 Å². The van der Waals surface area contributed by atoms with Crippen LogP contribution in [0.15, 0.2) is 55.0 Å². The highest BCUT2D eigenvalue weighted by Gasteiger charge is 2.47. The highest BCUT2D eigenvalue weighted by Crippen LogP contribution is 2.43.